The van der Waals surface area contributed by atoms with Gasteiger partial charge in [-0.25, -0.2) is 4.79 Å². The molecule has 0 saturated carbocycles. The SMILES string of the molecule is Cc1ccc(C(=O)O)cc1NC(=O)c1cccc(NC(=O)Cc2ccccc2)c1. The van der Waals surface area contributed by atoms with Crippen LogP contribution in [0.2, 0.25) is 0 Å². The maximum Gasteiger partial charge on any atom is 0.335 e. The zero-order valence-corrected chi connectivity index (χ0v) is 15.8. The molecule has 0 fully saturated rings. The lowest BCUT2D eigenvalue weighted by Gasteiger charge is -2.11. The molecule has 0 aliphatic rings. The van der Waals surface area contributed by atoms with Crippen LogP contribution in [0.15, 0.2) is 72.8 Å². The Balaban J connectivity index is 1.70. The Kier molecular flexibility index (Phi) is 6.04. The number of carbonyl (C=O) groups is 3. The number of carboxylic acid groups (broad SMARTS) is 1. The molecule has 29 heavy (non-hydrogen) atoms. The fraction of sp³-hybridized carbons (Fsp3) is 0.0870. The number of nitrogens with one attached hydrogen (secondary N) is 2. The van der Waals surface area contributed by atoms with E-state index in [2.05, 4.69) is 10.6 Å². The quantitative estimate of drug-likeness (QED) is 0.592. The highest BCUT2D eigenvalue weighted by molar-refractivity contribution is 6.06. The van der Waals surface area contributed by atoms with Crippen LogP contribution in [0.1, 0.15) is 31.8 Å². The minimum absolute atomic E-state index is 0.0906. The van der Waals surface area contributed by atoms with E-state index < -0.39 is 11.9 Å². The van der Waals surface area contributed by atoms with E-state index in [1.165, 1.54) is 12.1 Å². The van der Waals surface area contributed by atoms with Gasteiger partial charge in [0.05, 0.1) is 12.0 Å². The second-order valence-corrected chi connectivity index (χ2v) is 6.58. The molecule has 2 amide bonds. The van der Waals surface area contributed by atoms with Crippen molar-refractivity contribution >= 4 is 29.2 Å². The lowest BCUT2D eigenvalue weighted by Crippen LogP contribution is -2.16. The van der Waals surface area contributed by atoms with Crippen molar-refractivity contribution in [2.24, 2.45) is 0 Å². The molecule has 146 valence electrons. The van der Waals surface area contributed by atoms with Gasteiger partial charge in [-0.1, -0.05) is 42.5 Å². The van der Waals surface area contributed by atoms with Crippen LogP contribution in [-0.4, -0.2) is 22.9 Å². The maximum absolute atomic E-state index is 12.6. The number of carboxylic acids is 1. The fourth-order valence-electron chi connectivity index (χ4n) is 2.81. The molecule has 3 rings (SSSR count). The first-order chi connectivity index (χ1) is 13.9. The van der Waals surface area contributed by atoms with Gasteiger partial charge in [-0.15, -0.1) is 0 Å². The molecule has 0 bridgehead atoms. The van der Waals surface area contributed by atoms with Gasteiger partial charge in [-0.05, 0) is 48.4 Å². The summed E-state index contributed by atoms with van der Waals surface area (Å²) in [6.45, 7) is 1.78. The summed E-state index contributed by atoms with van der Waals surface area (Å²) in [7, 11) is 0. The minimum atomic E-state index is -1.07. The van der Waals surface area contributed by atoms with Gasteiger partial charge < -0.3 is 15.7 Å². The Morgan fingerprint density at radius 1 is 0.828 bits per heavy atom. The van der Waals surface area contributed by atoms with Crippen LogP contribution in [0.25, 0.3) is 0 Å². The third-order valence-corrected chi connectivity index (χ3v) is 4.35. The number of rotatable bonds is 6. The van der Waals surface area contributed by atoms with Gasteiger partial charge in [-0.3, -0.25) is 9.59 Å². The third kappa shape index (κ3) is 5.29. The second kappa shape index (κ2) is 8.84. The molecule has 0 aliphatic carbocycles. The van der Waals surface area contributed by atoms with Gasteiger partial charge in [0, 0.05) is 16.9 Å². The molecular formula is C23H20N2O4. The van der Waals surface area contributed by atoms with E-state index in [9.17, 15) is 14.4 Å². The van der Waals surface area contributed by atoms with Crippen molar-refractivity contribution in [2.45, 2.75) is 13.3 Å². The van der Waals surface area contributed by atoms with Crippen LogP contribution in [0.3, 0.4) is 0 Å². The monoisotopic (exact) mass is 388 g/mol. The molecule has 0 heterocycles. The fourth-order valence-corrected chi connectivity index (χ4v) is 2.81. The average Bonchev–Trinajstić information content (AvgIpc) is 2.70. The standard InChI is InChI=1S/C23H20N2O4/c1-15-10-11-18(23(28)29)14-20(15)25-22(27)17-8-5-9-19(13-17)24-21(26)12-16-6-3-2-4-7-16/h2-11,13-14H,12H2,1H3,(H,24,26)(H,25,27)(H,28,29). The average molecular weight is 388 g/mol. The van der Waals surface area contributed by atoms with Gasteiger partial charge in [0.1, 0.15) is 0 Å². The topological polar surface area (TPSA) is 95.5 Å². The van der Waals surface area contributed by atoms with E-state index in [4.69, 9.17) is 5.11 Å². The molecule has 0 radical (unpaired) electrons. The van der Waals surface area contributed by atoms with Gasteiger partial charge in [-0.2, -0.15) is 0 Å². The molecule has 6 nitrogen and oxygen atoms in total. The van der Waals surface area contributed by atoms with Gasteiger partial charge in [0.2, 0.25) is 5.91 Å². The summed E-state index contributed by atoms with van der Waals surface area (Å²) in [6.07, 6.45) is 0.235. The molecule has 0 saturated heterocycles. The van der Waals surface area contributed by atoms with E-state index in [0.717, 1.165) is 11.1 Å². The second-order valence-electron chi connectivity index (χ2n) is 6.58. The summed E-state index contributed by atoms with van der Waals surface area (Å²) >= 11 is 0. The van der Waals surface area contributed by atoms with Crippen molar-refractivity contribution < 1.29 is 19.5 Å². The normalized spacial score (nSPS) is 10.2. The maximum atomic E-state index is 12.6. The van der Waals surface area contributed by atoms with Crippen molar-refractivity contribution in [1.29, 1.82) is 0 Å². The molecule has 6 heteroatoms. The summed E-state index contributed by atoms with van der Waals surface area (Å²) in [6, 6.07) is 20.5. The number of hydrogen-bond donors (Lipinski definition) is 3. The summed E-state index contributed by atoms with van der Waals surface area (Å²) in [5.74, 6) is -1.64. The van der Waals surface area contributed by atoms with E-state index in [1.807, 2.05) is 30.3 Å². The van der Waals surface area contributed by atoms with E-state index in [-0.39, 0.29) is 17.9 Å². The highest BCUT2D eigenvalue weighted by Gasteiger charge is 2.12. The van der Waals surface area contributed by atoms with Gasteiger partial charge in [0.15, 0.2) is 0 Å². The van der Waals surface area contributed by atoms with Crippen LogP contribution in [-0.2, 0) is 11.2 Å². The summed E-state index contributed by atoms with van der Waals surface area (Å²) < 4.78 is 0. The summed E-state index contributed by atoms with van der Waals surface area (Å²) in [5, 5.41) is 14.6. The van der Waals surface area contributed by atoms with E-state index in [1.54, 1.807) is 37.3 Å². The zero-order chi connectivity index (χ0) is 20.8. The lowest BCUT2D eigenvalue weighted by atomic mass is 10.1. The van der Waals surface area contributed by atoms with Crippen LogP contribution in [0.5, 0.6) is 0 Å². The molecular weight excluding hydrogens is 368 g/mol. The molecule has 0 unspecified atom stereocenters. The van der Waals surface area contributed by atoms with Crippen LogP contribution in [0, 0.1) is 6.92 Å². The van der Waals surface area contributed by atoms with Crippen molar-refractivity contribution in [1.82, 2.24) is 0 Å². The van der Waals surface area contributed by atoms with Crippen molar-refractivity contribution in [3.8, 4) is 0 Å². The van der Waals surface area contributed by atoms with Crippen LogP contribution < -0.4 is 10.6 Å². The number of hydrogen-bond acceptors (Lipinski definition) is 3. The summed E-state index contributed by atoms with van der Waals surface area (Å²) in [5.41, 5.74) is 3.02. The minimum Gasteiger partial charge on any atom is -0.478 e. The molecule has 0 aromatic heterocycles. The Labute approximate surface area is 168 Å². The van der Waals surface area contributed by atoms with Gasteiger partial charge >= 0.3 is 5.97 Å². The molecule has 3 aromatic rings. The van der Waals surface area contributed by atoms with Crippen LogP contribution >= 0.6 is 0 Å². The summed E-state index contributed by atoms with van der Waals surface area (Å²) in [4.78, 5) is 36.0. The first-order valence-electron chi connectivity index (χ1n) is 9.01. The molecule has 3 N–H and O–H groups in total. The number of aryl methyl sites for hydroxylation is 1. The highest BCUT2D eigenvalue weighted by Crippen LogP contribution is 2.19. The van der Waals surface area contributed by atoms with E-state index in [0.29, 0.717) is 16.9 Å². The number of carbonyl (C=O) groups excluding carboxylic acids is 2. The molecule has 0 aliphatic heterocycles. The highest BCUT2D eigenvalue weighted by atomic mass is 16.4. The van der Waals surface area contributed by atoms with Crippen molar-refractivity contribution in [3.63, 3.8) is 0 Å². The van der Waals surface area contributed by atoms with E-state index >= 15 is 0 Å². The Morgan fingerprint density at radius 2 is 1.59 bits per heavy atom. The molecule has 3 aromatic carbocycles. The number of anilines is 2. The largest absolute Gasteiger partial charge is 0.478 e. The third-order valence-electron chi connectivity index (χ3n) is 4.35. The predicted octanol–water partition coefficient (Wildman–Crippen LogP) is 4.13. The van der Waals surface area contributed by atoms with Gasteiger partial charge in [0.25, 0.3) is 5.91 Å². The number of amides is 2. The number of aromatic carboxylic acids is 1. The first kappa shape index (κ1) is 19.8. The first-order valence-corrected chi connectivity index (χ1v) is 9.01. The Morgan fingerprint density at radius 3 is 2.31 bits per heavy atom. The lowest BCUT2D eigenvalue weighted by molar-refractivity contribution is -0.115. The smallest absolute Gasteiger partial charge is 0.335 e. The van der Waals surface area contributed by atoms with Crippen molar-refractivity contribution in [2.75, 3.05) is 10.6 Å². The molecule has 0 atom stereocenters. The molecule has 0 spiro atoms. The Bertz CT molecular complexity index is 1060. The Hall–Kier alpha value is -3.93. The van der Waals surface area contributed by atoms with Crippen molar-refractivity contribution in [3.05, 3.63) is 95.1 Å². The predicted molar refractivity (Wildman–Crippen MR) is 111 cm³/mol. The zero-order valence-electron chi connectivity index (χ0n) is 15.8. The van der Waals surface area contributed by atoms with Crippen LogP contribution in [0.4, 0.5) is 11.4 Å². The number of benzene rings is 3.